The van der Waals surface area contributed by atoms with Crippen molar-refractivity contribution in [2.45, 2.75) is 32.9 Å². The fourth-order valence-electron chi connectivity index (χ4n) is 2.67. The van der Waals surface area contributed by atoms with Gasteiger partial charge in [0, 0.05) is 12.6 Å². The van der Waals surface area contributed by atoms with Gasteiger partial charge in [-0.3, -0.25) is 4.79 Å². The van der Waals surface area contributed by atoms with Crippen molar-refractivity contribution >= 4 is 5.91 Å². The lowest BCUT2D eigenvalue weighted by Crippen LogP contribution is -2.39. The normalized spacial score (nSPS) is 11.9. The average Bonchev–Trinajstić information content (AvgIpc) is 3.16. The smallest absolute Gasteiger partial charge is 0.263 e. The van der Waals surface area contributed by atoms with Crippen molar-refractivity contribution in [3.05, 3.63) is 65.8 Å². The summed E-state index contributed by atoms with van der Waals surface area (Å²) in [5.74, 6) is 0.0325. The largest absolute Gasteiger partial charge is 0.478 e. The van der Waals surface area contributed by atoms with Crippen molar-refractivity contribution in [3.63, 3.8) is 0 Å². The number of nitrogens with zero attached hydrogens (tertiary/aromatic N) is 3. The molecule has 1 aromatic heterocycles. The molecule has 0 unspecified atom stereocenters. The SMILES string of the molecule is CC[C@H](Oc1ccccc1F)C(=O)N(C)Cc1nc(-c2ccc(C)cc2)no1. The summed E-state index contributed by atoms with van der Waals surface area (Å²) in [6.07, 6.45) is -0.406. The van der Waals surface area contributed by atoms with E-state index in [1.54, 1.807) is 26.1 Å². The van der Waals surface area contributed by atoms with Crippen LogP contribution in [0.15, 0.2) is 53.1 Å². The van der Waals surface area contributed by atoms with Crippen LogP contribution in [0, 0.1) is 12.7 Å². The zero-order valence-corrected chi connectivity index (χ0v) is 16.1. The number of likely N-dealkylation sites (N-methyl/N-ethyl adjacent to an activating group) is 1. The van der Waals surface area contributed by atoms with Gasteiger partial charge in [-0.25, -0.2) is 4.39 Å². The molecule has 0 fully saturated rings. The van der Waals surface area contributed by atoms with E-state index in [4.69, 9.17) is 9.26 Å². The van der Waals surface area contributed by atoms with Gasteiger partial charge in [0.25, 0.3) is 5.91 Å². The number of hydrogen-bond acceptors (Lipinski definition) is 5. The summed E-state index contributed by atoms with van der Waals surface area (Å²) in [6, 6.07) is 13.8. The Balaban J connectivity index is 1.66. The molecule has 0 saturated carbocycles. The molecular weight excluding hydrogens is 361 g/mol. The van der Waals surface area contributed by atoms with Crippen LogP contribution >= 0.6 is 0 Å². The highest BCUT2D eigenvalue weighted by Gasteiger charge is 2.25. The van der Waals surface area contributed by atoms with E-state index in [-0.39, 0.29) is 18.2 Å². The van der Waals surface area contributed by atoms with Crippen molar-refractivity contribution in [2.75, 3.05) is 7.05 Å². The van der Waals surface area contributed by atoms with Crippen LogP contribution in [0.25, 0.3) is 11.4 Å². The predicted octanol–water partition coefficient (Wildman–Crippen LogP) is 4.00. The molecule has 3 aromatic rings. The molecule has 0 spiro atoms. The number of rotatable bonds is 7. The lowest BCUT2D eigenvalue weighted by molar-refractivity contribution is -0.138. The van der Waals surface area contributed by atoms with E-state index in [9.17, 15) is 9.18 Å². The Bertz CT molecular complexity index is 940. The van der Waals surface area contributed by atoms with Crippen LogP contribution in [-0.4, -0.2) is 34.1 Å². The number of amides is 1. The van der Waals surface area contributed by atoms with Gasteiger partial charge in [-0.05, 0) is 25.5 Å². The molecule has 28 heavy (non-hydrogen) atoms. The number of hydrogen-bond donors (Lipinski definition) is 0. The first-order valence-electron chi connectivity index (χ1n) is 9.03. The van der Waals surface area contributed by atoms with Crippen LogP contribution in [-0.2, 0) is 11.3 Å². The van der Waals surface area contributed by atoms with Crippen molar-refractivity contribution in [3.8, 4) is 17.1 Å². The summed E-state index contributed by atoms with van der Waals surface area (Å²) >= 11 is 0. The highest BCUT2D eigenvalue weighted by atomic mass is 19.1. The number of halogens is 1. The summed E-state index contributed by atoms with van der Waals surface area (Å²) in [7, 11) is 1.62. The van der Waals surface area contributed by atoms with Crippen molar-refractivity contribution < 1.29 is 18.4 Å². The van der Waals surface area contributed by atoms with Gasteiger partial charge in [-0.15, -0.1) is 0 Å². The number of ether oxygens (including phenoxy) is 1. The Morgan fingerprint density at radius 2 is 1.93 bits per heavy atom. The Kier molecular flexibility index (Phi) is 6.03. The lowest BCUT2D eigenvalue weighted by atomic mass is 10.1. The summed E-state index contributed by atoms with van der Waals surface area (Å²) in [6.45, 7) is 3.94. The molecule has 0 saturated heterocycles. The van der Waals surface area contributed by atoms with Gasteiger partial charge in [0.05, 0.1) is 6.54 Å². The molecule has 0 N–H and O–H groups in total. The summed E-state index contributed by atoms with van der Waals surface area (Å²) in [4.78, 5) is 18.5. The minimum absolute atomic E-state index is 0.0514. The van der Waals surface area contributed by atoms with Gasteiger partial charge in [-0.2, -0.15) is 4.98 Å². The molecule has 1 amide bonds. The quantitative estimate of drug-likeness (QED) is 0.617. The third kappa shape index (κ3) is 4.54. The van der Waals surface area contributed by atoms with Crippen LogP contribution in [0.5, 0.6) is 5.75 Å². The molecule has 0 radical (unpaired) electrons. The zero-order valence-electron chi connectivity index (χ0n) is 16.1. The Morgan fingerprint density at radius 1 is 1.21 bits per heavy atom. The molecule has 1 heterocycles. The number of carbonyl (C=O) groups is 1. The van der Waals surface area contributed by atoms with Crippen LogP contribution in [0.4, 0.5) is 4.39 Å². The second-order valence-corrected chi connectivity index (χ2v) is 6.52. The molecule has 7 heteroatoms. The zero-order chi connectivity index (χ0) is 20.1. The maximum atomic E-state index is 13.8. The van der Waals surface area contributed by atoms with Crippen LogP contribution in [0.3, 0.4) is 0 Å². The second-order valence-electron chi connectivity index (χ2n) is 6.52. The summed E-state index contributed by atoms with van der Waals surface area (Å²) in [5, 5.41) is 3.97. The highest BCUT2D eigenvalue weighted by molar-refractivity contribution is 5.81. The first-order valence-corrected chi connectivity index (χ1v) is 9.03. The minimum atomic E-state index is -0.804. The number of benzene rings is 2. The number of aryl methyl sites for hydroxylation is 1. The van der Waals surface area contributed by atoms with Gasteiger partial charge in [0.1, 0.15) is 0 Å². The fourth-order valence-corrected chi connectivity index (χ4v) is 2.67. The average molecular weight is 383 g/mol. The third-order valence-electron chi connectivity index (χ3n) is 4.28. The van der Waals surface area contributed by atoms with Gasteiger partial charge in [-0.1, -0.05) is 54.0 Å². The fraction of sp³-hybridized carbons (Fsp3) is 0.286. The molecule has 2 aromatic carbocycles. The third-order valence-corrected chi connectivity index (χ3v) is 4.28. The first kappa shape index (κ1) is 19.5. The van der Waals surface area contributed by atoms with E-state index in [0.29, 0.717) is 18.1 Å². The Morgan fingerprint density at radius 3 is 2.61 bits per heavy atom. The first-order chi connectivity index (χ1) is 13.5. The lowest BCUT2D eigenvalue weighted by Gasteiger charge is -2.22. The van der Waals surface area contributed by atoms with E-state index in [1.807, 2.05) is 31.2 Å². The van der Waals surface area contributed by atoms with E-state index in [2.05, 4.69) is 10.1 Å². The molecule has 0 aliphatic rings. The second kappa shape index (κ2) is 8.65. The summed E-state index contributed by atoms with van der Waals surface area (Å²) < 4.78 is 24.6. The number of para-hydroxylation sites is 1. The standard InChI is InChI=1S/C21H22FN3O3/c1-4-17(27-18-8-6-5-7-16(18)22)21(26)25(3)13-19-23-20(24-28-19)15-11-9-14(2)10-12-15/h5-12,17H,4,13H2,1-3H3/t17-/m0/s1. The molecule has 0 aliphatic carbocycles. The number of aromatic nitrogens is 2. The highest BCUT2D eigenvalue weighted by Crippen LogP contribution is 2.20. The van der Waals surface area contributed by atoms with Crippen molar-refractivity contribution in [1.82, 2.24) is 15.0 Å². The van der Waals surface area contributed by atoms with E-state index in [0.717, 1.165) is 11.1 Å². The van der Waals surface area contributed by atoms with Gasteiger partial charge < -0.3 is 14.2 Å². The van der Waals surface area contributed by atoms with Crippen LogP contribution < -0.4 is 4.74 Å². The van der Waals surface area contributed by atoms with Gasteiger partial charge in [0.15, 0.2) is 17.7 Å². The van der Waals surface area contributed by atoms with Crippen LogP contribution in [0.1, 0.15) is 24.8 Å². The van der Waals surface area contributed by atoms with E-state index < -0.39 is 11.9 Å². The molecule has 0 bridgehead atoms. The minimum Gasteiger partial charge on any atom is -0.478 e. The maximum absolute atomic E-state index is 13.8. The van der Waals surface area contributed by atoms with Gasteiger partial charge in [0.2, 0.25) is 11.7 Å². The molecule has 3 rings (SSSR count). The van der Waals surface area contributed by atoms with E-state index in [1.165, 1.54) is 17.0 Å². The number of carbonyl (C=O) groups excluding carboxylic acids is 1. The van der Waals surface area contributed by atoms with Crippen molar-refractivity contribution in [2.24, 2.45) is 0 Å². The molecule has 146 valence electrons. The molecular formula is C21H22FN3O3. The monoisotopic (exact) mass is 383 g/mol. The summed E-state index contributed by atoms with van der Waals surface area (Å²) in [5.41, 5.74) is 1.97. The predicted molar refractivity (Wildman–Crippen MR) is 102 cm³/mol. The topological polar surface area (TPSA) is 68.5 Å². The van der Waals surface area contributed by atoms with Crippen molar-refractivity contribution in [1.29, 1.82) is 0 Å². The molecule has 1 atom stereocenters. The maximum Gasteiger partial charge on any atom is 0.263 e. The van der Waals surface area contributed by atoms with Gasteiger partial charge >= 0.3 is 0 Å². The Hall–Kier alpha value is -3.22. The van der Waals surface area contributed by atoms with Crippen LogP contribution in [0.2, 0.25) is 0 Å². The Labute approximate surface area is 162 Å². The molecule has 6 nitrogen and oxygen atoms in total. The van der Waals surface area contributed by atoms with E-state index >= 15 is 0 Å². The molecule has 0 aliphatic heterocycles.